The van der Waals surface area contributed by atoms with Gasteiger partial charge in [0.25, 0.3) is 0 Å². The summed E-state index contributed by atoms with van der Waals surface area (Å²) in [6.45, 7) is 13.1. The molecule has 2 fully saturated rings. The van der Waals surface area contributed by atoms with Crippen LogP contribution in [0.25, 0.3) is 0 Å². The van der Waals surface area contributed by atoms with Crippen LogP contribution in [0.15, 0.2) is 0 Å². The van der Waals surface area contributed by atoms with Gasteiger partial charge in [-0.3, -0.25) is 13.3 Å². The lowest BCUT2D eigenvalue weighted by Crippen LogP contribution is -2.55. The average molecular weight is 353 g/mol. The van der Waals surface area contributed by atoms with Crippen LogP contribution in [0, 0.1) is 5.92 Å². The second-order valence-corrected chi connectivity index (χ2v) is 9.97. The summed E-state index contributed by atoms with van der Waals surface area (Å²) in [5, 5.41) is 0.447. The standard InChI is InChI=1S/C8H17NOS.C7H15NOS.CH4/c1-7(2)9-4-8(5-9)6-11(3)10;1-6(2)8-4-7(5-8)10(3)9;/h7-8H,4-6H2,1-3H3;6-7H,4-5H2,1-3H3;1H4. The predicted octanol–water partition coefficient (Wildman–Crippen LogP) is 1.80. The molecular formula is C16H36N2O2S2. The van der Waals surface area contributed by atoms with Crippen LogP contribution in [-0.2, 0) is 21.6 Å². The Labute approximate surface area is 142 Å². The summed E-state index contributed by atoms with van der Waals surface area (Å²) in [5.41, 5.74) is 0. The average Bonchev–Trinajstić information content (AvgIpc) is 2.19. The Morgan fingerprint density at radius 2 is 1.32 bits per heavy atom. The molecule has 0 aromatic rings. The van der Waals surface area contributed by atoms with E-state index in [4.69, 9.17) is 0 Å². The molecule has 0 saturated carbocycles. The van der Waals surface area contributed by atoms with Crippen LogP contribution in [-0.4, -0.2) is 80.0 Å². The van der Waals surface area contributed by atoms with Gasteiger partial charge in [0.05, 0.1) is 5.25 Å². The van der Waals surface area contributed by atoms with Gasteiger partial charge >= 0.3 is 0 Å². The minimum Gasteiger partial charge on any atom is -0.300 e. The Hall–Kier alpha value is 0.220. The maximum absolute atomic E-state index is 10.9. The summed E-state index contributed by atoms with van der Waals surface area (Å²) < 4.78 is 21.7. The molecule has 0 aromatic carbocycles. The third kappa shape index (κ3) is 7.20. The van der Waals surface area contributed by atoms with Crippen LogP contribution >= 0.6 is 0 Å². The lowest BCUT2D eigenvalue weighted by molar-refractivity contribution is 0.0809. The van der Waals surface area contributed by atoms with E-state index >= 15 is 0 Å². The second kappa shape index (κ2) is 10.2. The van der Waals surface area contributed by atoms with E-state index in [9.17, 15) is 8.42 Å². The van der Waals surface area contributed by atoms with Crippen molar-refractivity contribution in [2.75, 3.05) is 44.4 Å². The van der Waals surface area contributed by atoms with E-state index < -0.39 is 21.6 Å². The van der Waals surface area contributed by atoms with Crippen molar-refractivity contribution < 1.29 is 8.42 Å². The molecule has 0 spiro atoms. The summed E-state index contributed by atoms with van der Waals surface area (Å²) in [6, 6.07) is 1.29. The fourth-order valence-electron chi connectivity index (χ4n) is 2.57. The monoisotopic (exact) mass is 352 g/mol. The van der Waals surface area contributed by atoms with Crippen molar-refractivity contribution in [3.8, 4) is 0 Å². The van der Waals surface area contributed by atoms with E-state index in [1.807, 2.05) is 0 Å². The third-order valence-electron chi connectivity index (χ3n) is 4.26. The molecular weight excluding hydrogens is 316 g/mol. The van der Waals surface area contributed by atoms with Gasteiger partial charge in [0.2, 0.25) is 0 Å². The molecule has 0 amide bonds. The highest BCUT2D eigenvalue weighted by molar-refractivity contribution is 7.85. The molecule has 22 heavy (non-hydrogen) atoms. The number of likely N-dealkylation sites (tertiary alicyclic amines) is 2. The maximum atomic E-state index is 10.9. The summed E-state index contributed by atoms with van der Waals surface area (Å²) in [6.07, 6.45) is 3.58. The zero-order chi connectivity index (χ0) is 16.2. The zero-order valence-corrected chi connectivity index (χ0v) is 16.0. The minimum atomic E-state index is -0.602. The molecule has 134 valence electrons. The first-order chi connectivity index (χ1) is 9.70. The van der Waals surface area contributed by atoms with Crippen molar-refractivity contribution in [2.24, 2.45) is 5.92 Å². The maximum Gasteiger partial charge on any atom is 0.0599 e. The Morgan fingerprint density at radius 3 is 1.64 bits per heavy atom. The van der Waals surface area contributed by atoms with E-state index in [1.54, 1.807) is 12.5 Å². The van der Waals surface area contributed by atoms with Crippen LogP contribution in [0.2, 0.25) is 0 Å². The lowest BCUT2D eigenvalue weighted by atomic mass is 10.0. The fraction of sp³-hybridized carbons (Fsp3) is 1.00. The molecule has 0 bridgehead atoms. The Morgan fingerprint density at radius 1 is 0.909 bits per heavy atom. The molecule has 2 atom stereocenters. The Balaban J connectivity index is 0.000000385. The van der Waals surface area contributed by atoms with Crippen LogP contribution < -0.4 is 0 Å². The SMILES string of the molecule is C.CC(C)N1CC(CS(C)=O)C1.CC(C)N1CC(S(C)=O)C1. The van der Waals surface area contributed by atoms with E-state index in [0.29, 0.717) is 23.3 Å². The molecule has 2 saturated heterocycles. The van der Waals surface area contributed by atoms with Gasteiger partial charge in [-0.25, -0.2) is 0 Å². The molecule has 2 unspecified atom stereocenters. The Kier molecular flexibility index (Phi) is 10.3. The Bertz CT molecular complexity index is 363. The largest absolute Gasteiger partial charge is 0.300 e. The molecule has 0 aromatic heterocycles. The van der Waals surface area contributed by atoms with Crippen LogP contribution in [0.4, 0.5) is 0 Å². The van der Waals surface area contributed by atoms with Crippen LogP contribution in [0.1, 0.15) is 35.1 Å². The first-order valence-electron chi connectivity index (χ1n) is 7.81. The van der Waals surface area contributed by atoms with Gasteiger partial charge in [-0.15, -0.1) is 0 Å². The van der Waals surface area contributed by atoms with Crippen molar-refractivity contribution in [3.63, 3.8) is 0 Å². The predicted molar refractivity (Wildman–Crippen MR) is 100 cm³/mol. The summed E-state index contributed by atoms with van der Waals surface area (Å²) in [5.74, 6) is 1.59. The van der Waals surface area contributed by atoms with Gasteiger partial charge in [0.15, 0.2) is 0 Å². The number of hydrogen-bond acceptors (Lipinski definition) is 4. The molecule has 0 aliphatic carbocycles. The molecule has 2 aliphatic heterocycles. The molecule has 4 nitrogen and oxygen atoms in total. The summed E-state index contributed by atoms with van der Waals surface area (Å²) in [7, 11) is -1.20. The van der Waals surface area contributed by atoms with Gasteiger partial charge in [-0.1, -0.05) is 7.43 Å². The van der Waals surface area contributed by atoms with Gasteiger partial charge in [-0.2, -0.15) is 0 Å². The highest BCUT2D eigenvalue weighted by Crippen LogP contribution is 2.18. The van der Waals surface area contributed by atoms with Crippen molar-refractivity contribution in [3.05, 3.63) is 0 Å². The number of rotatable bonds is 5. The number of nitrogens with zero attached hydrogens (tertiary/aromatic N) is 2. The van der Waals surface area contributed by atoms with E-state index in [0.717, 1.165) is 31.9 Å². The third-order valence-corrected chi connectivity index (χ3v) is 6.44. The summed E-state index contributed by atoms with van der Waals surface area (Å²) >= 11 is 0. The van der Waals surface area contributed by atoms with Crippen LogP contribution in [0.3, 0.4) is 0 Å². The molecule has 2 heterocycles. The van der Waals surface area contributed by atoms with Gasteiger partial charge in [0, 0.05) is 78.1 Å². The van der Waals surface area contributed by atoms with Crippen molar-refractivity contribution >= 4 is 21.6 Å². The normalized spacial score (nSPS) is 23.1. The second-order valence-electron chi connectivity index (χ2n) is 6.82. The van der Waals surface area contributed by atoms with Crippen molar-refractivity contribution in [1.82, 2.24) is 9.80 Å². The molecule has 6 heteroatoms. The molecule has 0 N–H and O–H groups in total. The number of hydrogen-bond donors (Lipinski definition) is 0. The minimum absolute atomic E-state index is 0. The molecule has 0 radical (unpaired) electrons. The first-order valence-corrected chi connectivity index (χ1v) is 11.2. The molecule has 2 aliphatic rings. The van der Waals surface area contributed by atoms with Crippen molar-refractivity contribution in [1.29, 1.82) is 0 Å². The van der Waals surface area contributed by atoms with E-state index in [2.05, 4.69) is 37.5 Å². The van der Waals surface area contributed by atoms with Crippen molar-refractivity contribution in [2.45, 2.75) is 52.5 Å². The highest BCUT2D eigenvalue weighted by Gasteiger charge is 2.30. The lowest BCUT2D eigenvalue weighted by Gasteiger charge is -2.41. The zero-order valence-electron chi connectivity index (χ0n) is 14.4. The topological polar surface area (TPSA) is 40.6 Å². The first kappa shape index (κ1) is 22.2. The van der Waals surface area contributed by atoms with Crippen LogP contribution in [0.5, 0.6) is 0 Å². The van der Waals surface area contributed by atoms with E-state index in [1.165, 1.54) is 0 Å². The smallest absolute Gasteiger partial charge is 0.0599 e. The van der Waals surface area contributed by atoms with E-state index in [-0.39, 0.29) is 7.43 Å². The quantitative estimate of drug-likeness (QED) is 0.756. The highest BCUT2D eigenvalue weighted by atomic mass is 32.2. The summed E-state index contributed by atoms with van der Waals surface area (Å²) in [4.78, 5) is 4.75. The van der Waals surface area contributed by atoms with Gasteiger partial charge in [-0.05, 0) is 33.6 Å². The molecule has 2 rings (SSSR count). The fourth-order valence-corrected chi connectivity index (χ4v) is 4.25. The van der Waals surface area contributed by atoms with Gasteiger partial charge in [0.1, 0.15) is 0 Å². The van der Waals surface area contributed by atoms with Gasteiger partial charge < -0.3 is 4.90 Å².